The van der Waals surface area contributed by atoms with Crippen LogP contribution in [0.4, 0.5) is 13.2 Å². The third-order valence-corrected chi connectivity index (χ3v) is 3.03. The van der Waals surface area contributed by atoms with Crippen LogP contribution >= 0.6 is 24.0 Å². The number of nitrogens with one attached hydrogen (secondary N) is 2. The van der Waals surface area contributed by atoms with Crippen molar-refractivity contribution in [3.05, 3.63) is 17.8 Å². The summed E-state index contributed by atoms with van der Waals surface area (Å²) in [6.45, 7) is 8.22. The van der Waals surface area contributed by atoms with Crippen LogP contribution in [0.5, 0.6) is 0 Å². The van der Waals surface area contributed by atoms with E-state index in [-0.39, 0.29) is 42.5 Å². The molecule has 1 heterocycles. The van der Waals surface area contributed by atoms with Gasteiger partial charge in [0.15, 0.2) is 5.96 Å². The highest BCUT2D eigenvalue weighted by Gasteiger charge is 2.27. The molecule has 0 aliphatic rings. The molecule has 10 heteroatoms. The summed E-state index contributed by atoms with van der Waals surface area (Å²) in [7, 11) is 0. The average molecular weight is 492 g/mol. The number of hydrogen-bond donors (Lipinski definition) is 2. The maximum absolute atomic E-state index is 11.9. The molecule has 1 aromatic rings. The van der Waals surface area contributed by atoms with E-state index < -0.39 is 12.8 Å². The fraction of sp³-hybridized carbons (Fsp3) is 0.750. The summed E-state index contributed by atoms with van der Waals surface area (Å²) in [5, 5.41) is 6.09. The average Bonchev–Trinajstić information content (AvgIpc) is 2.96. The van der Waals surface area contributed by atoms with E-state index in [0.717, 1.165) is 5.76 Å². The zero-order valence-corrected chi connectivity index (χ0v) is 17.9. The third kappa shape index (κ3) is 10.8. The number of guanidine groups is 1. The summed E-state index contributed by atoms with van der Waals surface area (Å²) in [5.74, 6) is 1.85. The van der Waals surface area contributed by atoms with Crippen LogP contribution in [0.1, 0.15) is 45.8 Å². The van der Waals surface area contributed by atoms with Crippen LogP contribution < -0.4 is 10.6 Å². The van der Waals surface area contributed by atoms with Gasteiger partial charge in [0.25, 0.3) is 0 Å². The van der Waals surface area contributed by atoms with E-state index in [9.17, 15) is 13.2 Å². The molecule has 0 unspecified atom stereocenters. The highest BCUT2D eigenvalue weighted by Crippen LogP contribution is 2.22. The van der Waals surface area contributed by atoms with Crippen molar-refractivity contribution >= 4 is 29.9 Å². The van der Waals surface area contributed by atoms with Gasteiger partial charge < -0.3 is 19.8 Å². The van der Waals surface area contributed by atoms with Crippen LogP contribution in [0.15, 0.2) is 15.6 Å². The minimum atomic E-state index is -4.29. The fourth-order valence-electron chi connectivity index (χ4n) is 1.79. The van der Waals surface area contributed by atoms with E-state index >= 15 is 0 Å². The van der Waals surface area contributed by atoms with Crippen LogP contribution in [-0.4, -0.2) is 43.4 Å². The van der Waals surface area contributed by atoms with Crippen molar-refractivity contribution in [3.63, 3.8) is 0 Å². The molecular weight excluding hydrogens is 464 g/mol. The normalized spacial score (nSPS) is 12.7. The van der Waals surface area contributed by atoms with Gasteiger partial charge in [-0.25, -0.2) is 9.98 Å². The van der Waals surface area contributed by atoms with E-state index in [1.807, 2.05) is 27.7 Å². The fourth-order valence-corrected chi connectivity index (χ4v) is 1.79. The van der Waals surface area contributed by atoms with Crippen molar-refractivity contribution in [1.29, 1.82) is 0 Å². The van der Waals surface area contributed by atoms with Crippen molar-refractivity contribution in [1.82, 2.24) is 15.6 Å². The van der Waals surface area contributed by atoms with Gasteiger partial charge in [-0.1, -0.05) is 20.8 Å². The molecule has 0 spiro atoms. The molecule has 0 fully saturated rings. The van der Waals surface area contributed by atoms with Gasteiger partial charge in [-0.2, -0.15) is 13.2 Å². The predicted octanol–water partition coefficient (Wildman–Crippen LogP) is 3.61. The number of aliphatic imine (C=N–C) groups is 1. The standard InChI is InChI=1S/C16H27F3N4O2.HI/c1-5-20-14(21-7-6-8-24-11-16(17,18)19)23-10-13-22-9-12(25-13)15(2,3)4;/h9H,5-8,10-11H2,1-4H3,(H2,20,21,23);1H. The first-order valence-corrected chi connectivity index (χ1v) is 8.23. The SMILES string of the molecule is CCNC(=NCc1ncc(C(C)(C)C)o1)NCCCOCC(F)(F)F.I. The van der Waals surface area contributed by atoms with E-state index in [0.29, 0.717) is 31.4 Å². The Morgan fingerprint density at radius 1 is 1.27 bits per heavy atom. The van der Waals surface area contributed by atoms with Crippen molar-refractivity contribution < 1.29 is 22.3 Å². The van der Waals surface area contributed by atoms with Crippen molar-refractivity contribution in [2.75, 3.05) is 26.3 Å². The Labute approximate surface area is 169 Å². The Balaban J connectivity index is 0.00000625. The number of nitrogens with zero attached hydrogens (tertiary/aromatic N) is 2. The molecule has 0 aromatic carbocycles. The third-order valence-electron chi connectivity index (χ3n) is 3.03. The molecular formula is C16H28F3IN4O2. The molecule has 0 aliphatic carbocycles. The summed E-state index contributed by atoms with van der Waals surface area (Å²) in [5.41, 5.74) is -0.117. The Morgan fingerprint density at radius 2 is 1.96 bits per heavy atom. The summed E-state index contributed by atoms with van der Waals surface area (Å²) >= 11 is 0. The van der Waals surface area contributed by atoms with Gasteiger partial charge in [0.05, 0.1) is 6.20 Å². The number of aromatic nitrogens is 1. The Hall–Kier alpha value is -1.04. The van der Waals surface area contributed by atoms with Crippen LogP contribution in [0.25, 0.3) is 0 Å². The lowest BCUT2D eigenvalue weighted by Crippen LogP contribution is -2.38. The second-order valence-corrected chi connectivity index (χ2v) is 6.51. The van der Waals surface area contributed by atoms with E-state index in [4.69, 9.17) is 4.42 Å². The Morgan fingerprint density at radius 3 is 2.50 bits per heavy atom. The molecule has 0 bridgehead atoms. The van der Waals surface area contributed by atoms with E-state index in [1.54, 1.807) is 6.20 Å². The highest BCUT2D eigenvalue weighted by atomic mass is 127. The summed E-state index contributed by atoms with van der Waals surface area (Å²) in [4.78, 5) is 8.56. The Bertz CT molecular complexity index is 542. The highest BCUT2D eigenvalue weighted by molar-refractivity contribution is 14.0. The lowest BCUT2D eigenvalue weighted by molar-refractivity contribution is -0.173. The predicted molar refractivity (Wildman–Crippen MR) is 105 cm³/mol. The minimum Gasteiger partial charge on any atom is -0.443 e. The molecule has 0 amide bonds. The number of hydrogen-bond acceptors (Lipinski definition) is 4. The topological polar surface area (TPSA) is 71.7 Å². The van der Waals surface area contributed by atoms with Crippen molar-refractivity contribution in [3.8, 4) is 0 Å². The summed E-state index contributed by atoms with van der Waals surface area (Å²) in [6.07, 6.45) is -2.15. The molecule has 1 aromatic heterocycles. The number of alkyl halides is 3. The minimum absolute atomic E-state index is 0. The number of oxazole rings is 1. The van der Waals surface area contributed by atoms with Gasteiger partial charge in [-0.15, -0.1) is 24.0 Å². The molecule has 2 N–H and O–H groups in total. The zero-order valence-electron chi connectivity index (χ0n) is 15.6. The van der Waals surface area contributed by atoms with Gasteiger partial charge in [0.2, 0.25) is 5.89 Å². The van der Waals surface area contributed by atoms with Gasteiger partial charge in [0.1, 0.15) is 18.9 Å². The van der Waals surface area contributed by atoms with Crippen LogP contribution in [0.2, 0.25) is 0 Å². The zero-order chi connectivity index (χ0) is 18.9. The maximum Gasteiger partial charge on any atom is 0.411 e. The molecule has 0 aliphatic heterocycles. The van der Waals surface area contributed by atoms with Crippen LogP contribution in [-0.2, 0) is 16.7 Å². The first-order chi connectivity index (χ1) is 11.6. The monoisotopic (exact) mass is 492 g/mol. The largest absolute Gasteiger partial charge is 0.443 e. The molecule has 6 nitrogen and oxygen atoms in total. The van der Waals surface area contributed by atoms with Gasteiger partial charge in [0, 0.05) is 25.1 Å². The quantitative estimate of drug-likeness (QED) is 0.251. The van der Waals surface area contributed by atoms with Crippen LogP contribution in [0.3, 0.4) is 0 Å². The molecule has 0 atom stereocenters. The second-order valence-electron chi connectivity index (χ2n) is 6.51. The summed E-state index contributed by atoms with van der Waals surface area (Å²) < 4.78 is 46.1. The van der Waals surface area contributed by atoms with Gasteiger partial charge in [-0.3, -0.25) is 0 Å². The molecule has 0 saturated heterocycles. The van der Waals surface area contributed by atoms with Gasteiger partial charge in [-0.05, 0) is 13.3 Å². The molecule has 152 valence electrons. The molecule has 26 heavy (non-hydrogen) atoms. The van der Waals surface area contributed by atoms with E-state index in [2.05, 4.69) is 25.3 Å². The number of halogens is 4. The first-order valence-electron chi connectivity index (χ1n) is 8.23. The van der Waals surface area contributed by atoms with Gasteiger partial charge >= 0.3 is 6.18 Å². The second kappa shape index (κ2) is 11.6. The molecule has 0 radical (unpaired) electrons. The van der Waals surface area contributed by atoms with E-state index in [1.165, 1.54) is 0 Å². The lowest BCUT2D eigenvalue weighted by Gasteiger charge is -2.13. The number of ether oxygens (including phenoxy) is 1. The Kier molecular flexibility index (Phi) is 11.2. The number of rotatable bonds is 8. The smallest absolute Gasteiger partial charge is 0.411 e. The van der Waals surface area contributed by atoms with Crippen molar-refractivity contribution in [2.24, 2.45) is 4.99 Å². The molecule has 1 rings (SSSR count). The molecule has 0 saturated carbocycles. The first kappa shape index (κ1) is 25.0. The maximum atomic E-state index is 11.9. The lowest BCUT2D eigenvalue weighted by atomic mass is 9.94. The van der Waals surface area contributed by atoms with Crippen molar-refractivity contribution in [2.45, 2.75) is 52.3 Å². The summed E-state index contributed by atoms with van der Waals surface area (Å²) in [6, 6.07) is 0. The van der Waals surface area contributed by atoms with Crippen LogP contribution in [0, 0.1) is 0 Å².